The van der Waals surface area contributed by atoms with E-state index < -0.39 is 5.91 Å². The summed E-state index contributed by atoms with van der Waals surface area (Å²) >= 11 is 2.17. The number of halogens is 1. The van der Waals surface area contributed by atoms with E-state index in [1.165, 1.54) is 0 Å². The van der Waals surface area contributed by atoms with Crippen molar-refractivity contribution in [1.29, 1.82) is 5.26 Å². The molecule has 1 amide bonds. The third-order valence-electron chi connectivity index (χ3n) is 4.93. The Morgan fingerprint density at radius 3 is 2.56 bits per heavy atom. The van der Waals surface area contributed by atoms with Gasteiger partial charge < -0.3 is 10.1 Å². The maximum atomic E-state index is 12.7. The Kier molecular flexibility index (Phi) is 6.83. The highest BCUT2D eigenvalue weighted by Crippen LogP contribution is 2.25. The number of nitrogens with zero attached hydrogens (tertiary/aromatic N) is 1. The van der Waals surface area contributed by atoms with Crippen LogP contribution in [0.15, 0.2) is 96.6 Å². The molecule has 0 aliphatic carbocycles. The fourth-order valence-corrected chi connectivity index (χ4v) is 3.92. The standard InChI is InChI=1S/C27H19IN2O2/c28-23-11-6-12-24(16-23)30-27(31)22(17-29)15-20-8-2-4-14-26(20)32-18-21-10-5-9-19-7-1-3-13-25(19)21/h1-16H,18H2,(H,30,31)/b22-15+. The molecule has 0 bridgehead atoms. The molecule has 0 saturated heterocycles. The lowest BCUT2D eigenvalue weighted by Crippen LogP contribution is -2.13. The predicted octanol–water partition coefficient (Wildman–Crippen LogP) is 6.57. The van der Waals surface area contributed by atoms with Crippen molar-refractivity contribution in [2.45, 2.75) is 6.61 Å². The van der Waals surface area contributed by atoms with Crippen LogP contribution in [-0.4, -0.2) is 5.91 Å². The highest BCUT2D eigenvalue weighted by Gasteiger charge is 2.12. The fraction of sp³-hybridized carbons (Fsp3) is 0.0370. The molecule has 4 aromatic rings. The van der Waals surface area contributed by atoms with Crippen LogP contribution in [-0.2, 0) is 11.4 Å². The van der Waals surface area contributed by atoms with E-state index in [0.29, 0.717) is 23.6 Å². The number of anilines is 1. The predicted molar refractivity (Wildman–Crippen MR) is 136 cm³/mol. The summed E-state index contributed by atoms with van der Waals surface area (Å²) in [6.45, 7) is 0.378. The first-order valence-electron chi connectivity index (χ1n) is 10.0. The molecule has 0 aromatic heterocycles. The van der Waals surface area contributed by atoms with E-state index in [1.54, 1.807) is 12.1 Å². The van der Waals surface area contributed by atoms with Crippen molar-refractivity contribution in [3.63, 3.8) is 0 Å². The Morgan fingerprint density at radius 2 is 1.72 bits per heavy atom. The molecule has 4 aromatic carbocycles. The second kappa shape index (κ2) is 10.1. The largest absolute Gasteiger partial charge is 0.488 e. The first-order chi connectivity index (χ1) is 15.6. The Labute approximate surface area is 200 Å². The molecular weight excluding hydrogens is 511 g/mol. The van der Waals surface area contributed by atoms with Crippen LogP contribution in [0.4, 0.5) is 5.69 Å². The minimum atomic E-state index is -0.460. The Hall–Kier alpha value is -3.63. The van der Waals surface area contributed by atoms with Gasteiger partial charge in [0, 0.05) is 14.8 Å². The van der Waals surface area contributed by atoms with E-state index in [-0.39, 0.29) is 5.57 Å². The molecule has 32 heavy (non-hydrogen) atoms. The van der Waals surface area contributed by atoms with E-state index in [2.05, 4.69) is 46.1 Å². The molecule has 4 nitrogen and oxygen atoms in total. The molecule has 0 radical (unpaired) electrons. The van der Waals surface area contributed by atoms with Gasteiger partial charge in [-0.25, -0.2) is 0 Å². The zero-order chi connectivity index (χ0) is 22.3. The highest BCUT2D eigenvalue weighted by atomic mass is 127. The van der Waals surface area contributed by atoms with Gasteiger partial charge in [0.2, 0.25) is 0 Å². The number of amides is 1. The van der Waals surface area contributed by atoms with Gasteiger partial charge in [-0.1, -0.05) is 66.7 Å². The van der Waals surface area contributed by atoms with Crippen molar-refractivity contribution in [3.05, 3.63) is 111 Å². The van der Waals surface area contributed by atoms with Crippen LogP contribution < -0.4 is 10.1 Å². The smallest absolute Gasteiger partial charge is 0.266 e. The maximum absolute atomic E-state index is 12.7. The van der Waals surface area contributed by atoms with Crippen LogP contribution in [0.3, 0.4) is 0 Å². The Morgan fingerprint density at radius 1 is 0.969 bits per heavy atom. The van der Waals surface area contributed by atoms with Gasteiger partial charge in [0.25, 0.3) is 5.91 Å². The molecule has 1 N–H and O–H groups in total. The van der Waals surface area contributed by atoms with Crippen molar-refractivity contribution >= 4 is 51.0 Å². The monoisotopic (exact) mass is 530 g/mol. The zero-order valence-corrected chi connectivity index (χ0v) is 19.2. The zero-order valence-electron chi connectivity index (χ0n) is 17.1. The number of nitriles is 1. The number of fused-ring (bicyclic) bond motifs is 1. The van der Waals surface area contributed by atoms with Gasteiger partial charge in [0.05, 0.1) is 0 Å². The number of para-hydroxylation sites is 1. The van der Waals surface area contributed by atoms with Crippen LogP contribution in [0.5, 0.6) is 5.75 Å². The fourth-order valence-electron chi connectivity index (χ4n) is 3.37. The number of rotatable bonds is 6. The Bertz CT molecular complexity index is 1350. The summed E-state index contributed by atoms with van der Waals surface area (Å²) in [6.07, 6.45) is 1.56. The van der Waals surface area contributed by atoms with Crippen molar-refractivity contribution in [1.82, 2.24) is 0 Å². The summed E-state index contributed by atoms with van der Waals surface area (Å²) in [6, 6.07) is 31.1. The number of carbonyl (C=O) groups excluding carboxylic acids is 1. The summed E-state index contributed by atoms with van der Waals surface area (Å²) in [5, 5.41) is 14.7. The highest BCUT2D eigenvalue weighted by molar-refractivity contribution is 14.1. The molecule has 0 saturated carbocycles. The van der Waals surface area contributed by atoms with Crippen LogP contribution >= 0.6 is 22.6 Å². The minimum absolute atomic E-state index is 0.00470. The van der Waals surface area contributed by atoms with Crippen LogP contribution in [0, 0.1) is 14.9 Å². The van der Waals surface area contributed by atoms with E-state index in [1.807, 2.05) is 72.8 Å². The number of nitrogens with one attached hydrogen (secondary N) is 1. The van der Waals surface area contributed by atoms with Crippen molar-refractivity contribution in [3.8, 4) is 11.8 Å². The van der Waals surface area contributed by atoms with E-state index in [0.717, 1.165) is 19.9 Å². The van der Waals surface area contributed by atoms with Crippen LogP contribution in [0.1, 0.15) is 11.1 Å². The molecule has 4 rings (SSSR count). The van der Waals surface area contributed by atoms with Crippen molar-refractivity contribution in [2.75, 3.05) is 5.32 Å². The van der Waals surface area contributed by atoms with Crippen LogP contribution in [0.25, 0.3) is 16.8 Å². The van der Waals surface area contributed by atoms with Gasteiger partial charge in [0.15, 0.2) is 0 Å². The summed E-state index contributed by atoms with van der Waals surface area (Å²) in [7, 11) is 0. The maximum Gasteiger partial charge on any atom is 0.266 e. The van der Waals surface area contributed by atoms with Crippen molar-refractivity contribution < 1.29 is 9.53 Å². The molecule has 0 spiro atoms. The van der Waals surface area contributed by atoms with E-state index >= 15 is 0 Å². The average molecular weight is 530 g/mol. The first kappa shape index (κ1) is 21.6. The normalized spacial score (nSPS) is 11.1. The SMILES string of the molecule is N#C/C(=C\c1ccccc1OCc1cccc2ccccc12)C(=O)Nc1cccc(I)c1. The lowest BCUT2D eigenvalue weighted by atomic mass is 10.1. The lowest BCUT2D eigenvalue weighted by Gasteiger charge is -2.12. The summed E-state index contributed by atoms with van der Waals surface area (Å²) in [4.78, 5) is 12.7. The first-order valence-corrected chi connectivity index (χ1v) is 11.1. The average Bonchev–Trinajstić information content (AvgIpc) is 2.81. The quantitative estimate of drug-likeness (QED) is 0.174. The number of hydrogen-bond acceptors (Lipinski definition) is 3. The van der Waals surface area contributed by atoms with Gasteiger partial charge in [-0.05, 0) is 69.3 Å². The molecule has 0 heterocycles. The number of benzene rings is 4. The molecule has 0 fully saturated rings. The molecule has 0 aliphatic rings. The number of hydrogen-bond donors (Lipinski definition) is 1. The van der Waals surface area contributed by atoms with E-state index in [4.69, 9.17) is 4.74 Å². The van der Waals surface area contributed by atoms with Gasteiger partial charge in [0.1, 0.15) is 24.0 Å². The molecule has 156 valence electrons. The lowest BCUT2D eigenvalue weighted by molar-refractivity contribution is -0.112. The second-order valence-electron chi connectivity index (χ2n) is 7.10. The van der Waals surface area contributed by atoms with Gasteiger partial charge in [-0.3, -0.25) is 4.79 Å². The Balaban J connectivity index is 1.56. The molecule has 0 aliphatic heterocycles. The van der Waals surface area contributed by atoms with Crippen molar-refractivity contribution in [2.24, 2.45) is 0 Å². The molecular formula is C27H19IN2O2. The summed E-state index contributed by atoms with van der Waals surface area (Å²) in [5.74, 6) is 0.147. The third kappa shape index (κ3) is 5.16. The minimum Gasteiger partial charge on any atom is -0.488 e. The molecule has 0 atom stereocenters. The second-order valence-corrected chi connectivity index (χ2v) is 8.34. The summed E-state index contributed by atoms with van der Waals surface area (Å²) in [5.41, 5.74) is 2.38. The van der Waals surface area contributed by atoms with Gasteiger partial charge in [-0.2, -0.15) is 5.26 Å². The number of ether oxygens (including phenoxy) is 1. The van der Waals surface area contributed by atoms with E-state index in [9.17, 15) is 10.1 Å². The topological polar surface area (TPSA) is 62.1 Å². The van der Waals surface area contributed by atoms with Crippen LogP contribution in [0.2, 0.25) is 0 Å². The molecule has 5 heteroatoms. The third-order valence-corrected chi connectivity index (χ3v) is 5.60. The van der Waals surface area contributed by atoms with Gasteiger partial charge in [-0.15, -0.1) is 0 Å². The number of carbonyl (C=O) groups is 1. The molecule has 0 unspecified atom stereocenters. The van der Waals surface area contributed by atoms with Gasteiger partial charge >= 0.3 is 0 Å². The summed E-state index contributed by atoms with van der Waals surface area (Å²) < 4.78 is 7.10.